The number of esters is 3. The van der Waals surface area contributed by atoms with E-state index in [1.54, 1.807) is 13.8 Å². The van der Waals surface area contributed by atoms with Crippen molar-refractivity contribution in [3.63, 3.8) is 0 Å². The third-order valence-corrected chi connectivity index (χ3v) is 13.4. The maximum Gasteiger partial charge on any atom is 0.320 e. The summed E-state index contributed by atoms with van der Waals surface area (Å²) in [6, 6.07) is 0. The number of Topliss-reactive ketones (excluding diaryl/α,β-unsaturated/α-hetero) is 1. The van der Waals surface area contributed by atoms with E-state index in [9.17, 15) is 19.2 Å². The van der Waals surface area contributed by atoms with Crippen molar-refractivity contribution in [2.45, 2.75) is 84.5 Å². The van der Waals surface area contributed by atoms with Crippen LogP contribution in [0.5, 0.6) is 0 Å². The van der Waals surface area contributed by atoms with Crippen LogP contribution < -0.4 is 0 Å². The van der Waals surface area contributed by atoms with Crippen molar-refractivity contribution in [3.05, 3.63) is 11.1 Å². The minimum absolute atomic E-state index is 0.0194. The van der Waals surface area contributed by atoms with E-state index in [0.717, 1.165) is 5.57 Å². The largest absolute Gasteiger partial charge is 0.466 e. The molecule has 1 saturated heterocycles. The average molecular weight is 477 g/mol. The van der Waals surface area contributed by atoms with Crippen LogP contribution >= 0.6 is 0 Å². The minimum Gasteiger partial charge on any atom is -0.466 e. The highest BCUT2D eigenvalue weighted by Crippen LogP contribution is 2.64. The third-order valence-electron chi connectivity index (χ3n) is 8.87. The summed E-state index contributed by atoms with van der Waals surface area (Å²) in [7, 11) is -2.06. The van der Waals surface area contributed by atoms with Gasteiger partial charge in [-0.15, -0.1) is 0 Å². The zero-order chi connectivity index (χ0) is 24.5. The molecule has 33 heavy (non-hydrogen) atoms. The van der Waals surface area contributed by atoms with Gasteiger partial charge in [-0.25, -0.2) is 0 Å². The molecule has 0 radical (unpaired) electrons. The fourth-order valence-electron chi connectivity index (χ4n) is 6.44. The Labute approximate surface area is 196 Å². The minimum atomic E-state index is -2.06. The predicted octanol–water partition coefficient (Wildman–Crippen LogP) is 3.96. The van der Waals surface area contributed by atoms with Gasteiger partial charge in [-0.3, -0.25) is 19.2 Å². The molecule has 2 saturated carbocycles. The topological polar surface area (TPSA) is 96.0 Å². The number of ether oxygens (including phenoxy) is 2. The first-order valence-electron chi connectivity index (χ1n) is 12.1. The van der Waals surface area contributed by atoms with Gasteiger partial charge in [-0.2, -0.15) is 0 Å². The zero-order valence-corrected chi connectivity index (χ0v) is 21.8. The molecule has 0 N–H and O–H groups in total. The van der Waals surface area contributed by atoms with Crippen molar-refractivity contribution >= 4 is 32.0 Å². The van der Waals surface area contributed by atoms with Gasteiger partial charge in [-0.1, -0.05) is 26.3 Å². The number of carbonyl (C=O) groups excluding carboxylic acids is 4. The number of ketones is 1. The van der Waals surface area contributed by atoms with Gasteiger partial charge in [0.1, 0.15) is 0 Å². The average Bonchev–Trinajstić information content (AvgIpc) is 3.27. The molecule has 6 atom stereocenters. The highest BCUT2D eigenvalue weighted by atomic mass is 28.4. The molecule has 0 amide bonds. The van der Waals surface area contributed by atoms with Gasteiger partial charge < -0.3 is 13.9 Å². The molecule has 0 unspecified atom stereocenters. The van der Waals surface area contributed by atoms with Crippen LogP contribution in [0.25, 0.3) is 0 Å². The Kier molecular flexibility index (Phi) is 5.80. The van der Waals surface area contributed by atoms with Crippen molar-refractivity contribution in [1.82, 2.24) is 0 Å². The molecule has 8 heteroatoms. The van der Waals surface area contributed by atoms with E-state index in [1.807, 2.05) is 0 Å². The molecule has 1 aliphatic heterocycles. The maximum atomic E-state index is 13.3. The first kappa shape index (κ1) is 24.3. The summed E-state index contributed by atoms with van der Waals surface area (Å²) in [5.74, 6) is -3.23. The molecule has 182 valence electrons. The van der Waals surface area contributed by atoms with E-state index < -0.39 is 37.5 Å². The van der Waals surface area contributed by atoms with Crippen molar-refractivity contribution in [1.29, 1.82) is 0 Å². The van der Waals surface area contributed by atoms with Crippen LogP contribution in [-0.2, 0) is 33.1 Å². The van der Waals surface area contributed by atoms with Gasteiger partial charge >= 0.3 is 17.9 Å². The second kappa shape index (κ2) is 7.87. The lowest BCUT2D eigenvalue weighted by Gasteiger charge is -2.42. The van der Waals surface area contributed by atoms with Crippen LogP contribution in [-0.4, -0.2) is 44.7 Å². The molecular formula is C25H36O7Si. The third kappa shape index (κ3) is 3.64. The first-order chi connectivity index (χ1) is 15.2. The van der Waals surface area contributed by atoms with E-state index in [0.29, 0.717) is 18.4 Å². The molecule has 3 fully saturated rings. The molecule has 3 aliphatic carbocycles. The molecule has 7 nitrogen and oxygen atoms in total. The van der Waals surface area contributed by atoms with Gasteiger partial charge in [0.05, 0.1) is 17.9 Å². The van der Waals surface area contributed by atoms with E-state index in [1.165, 1.54) is 0 Å². The molecule has 4 aliphatic rings. The molecule has 0 spiro atoms. The molecule has 4 rings (SSSR count). The summed E-state index contributed by atoms with van der Waals surface area (Å²) in [6.07, 6.45) is 1.35. The monoisotopic (exact) mass is 476 g/mol. The number of fused-ring (bicyclic) bond motifs is 5. The second-order valence-electron chi connectivity index (χ2n) is 11.8. The van der Waals surface area contributed by atoms with Gasteiger partial charge in [0.2, 0.25) is 0 Å². The van der Waals surface area contributed by atoms with E-state index in [4.69, 9.17) is 13.9 Å². The normalized spacial score (nSPS) is 36.0. The highest BCUT2D eigenvalue weighted by molar-refractivity contribution is 6.74. The number of carbonyl (C=O) groups is 4. The zero-order valence-electron chi connectivity index (χ0n) is 20.8. The van der Waals surface area contributed by atoms with Crippen molar-refractivity contribution < 1.29 is 33.1 Å². The van der Waals surface area contributed by atoms with Crippen molar-refractivity contribution in [2.24, 2.45) is 29.1 Å². The first-order valence-corrected chi connectivity index (χ1v) is 15.0. The Morgan fingerprint density at radius 1 is 1.15 bits per heavy atom. The molecule has 1 heterocycles. The summed E-state index contributed by atoms with van der Waals surface area (Å²) in [6.45, 7) is 14.7. The van der Waals surface area contributed by atoms with Crippen LogP contribution in [0.4, 0.5) is 0 Å². The van der Waals surface area contributed by atoms with Crippen LogP contribution in [0.15, 0.2) is 11.1 Å². The van der Waals surface area contributed by atoms with Gasteiger partial charge in [-0.05, 0) is 62.2 Å². The highest BCUT2D eigenvalue weighted by Gasteiger charge is 2.69. The lowest BCUT2D eigenvalue weighted by molar-refractivity contribution is -0.156. The van der Waals surface area contributed by atoms with Crippen LogP contribution in [0.1, 0.15) is 60.3 Å². The van der Waals surface area contributed by atoms with E-state index in [2.05, 4.69) is 33.9 Å². The number of cyclic esters (lactones) is 2. The maximum absolute atomic E-state index is 13.3. The van der Waals surface area contributed by atoms with E-state index in [-0.39, 0.29) is 54.2 Å². The number of allylic oxidation sites excluding steroid dienone is 1. The molecule has 0 aromatic heterocycles. The predicted molar refractivity (Wildman–Crippen MR) is 122 cm³/mol. The fraction of sp³-hybridized carbons (Fsp3) is 0.760. The van der Waals surface area contributed by atoms with Crippen LogP contribution in [0, 0.1) is 29.1 Å². The summed E-state index contributed by atoms with van der Waals surface area (Å²) < 4.78 is 17.0. The molecular weight excluding hydrogens is 440 g/mol. The fourth-order valence-corrected chi connectivity index (χ4v) is 7.81. The van der Waals surface area contributed by atoms with Crippen molar-refractivity contribution in [3.8, 4) is 0 Å². The molecule has 0 bridgehead atoms. The van der Waals surface area contributed by atoms with Gasteiger partial charge in [0.15, 0.2) is 14.1 Å². The smallest absolute Gasteiger partial charge is 0.320 e. The lowest BCUT2D eigenvalue weighted by Crippen LogP contribution is -2.48. The van der Waals surface area contributed by atoms with E-state index >= 15 is 0 Å². The summed E-state index contributed by atoms with van der Waals surface area (Å²) in [4.78, 5) is 51.6. The Balaban J connectivity index is 1.75. The van der Waals surface area contributed by atoms with Crippen LogP contribution in [0.2, 0.25) is 18.1 Å². The lowest BCUT2D eigenvalue weighted by atomic mass is 9.55. The summed E-state index contributed by atoms with van der Waals surface area (Å²) >= 11 is 0. The molecule has 0 aromatic carbocycles. The SMILES string of the molecule is CCOC(=O)C[C@@H]1CC(=O)C2=C3C[C@H](O[Si](C)(C)C(C)(C)C)C[C@H]3[C@H]3C(=O)OC(=O)[C@@]3(C)[C@H]21. The Morgan fingerprint density at radius 3 is 2.42 bits per heavy atom. The Hall–Kier alpha value is -1.80. The van der Waals surface area contributed by atoms with Crippen LogP contribution in [0.3, 0.4) is 0 Å². The van der Waals surface area contributed by atoms with Gasteiger partial charge in [0, 0.05) is 24.9 Å². The Bertz CT molecular complexity index is 943. The molecule has 0 aromatic rings. The van der Waals surface area contributed by atoms with Gasteiger partial charge in [0.25, 0.3) is 0 Å². The summed E-state index contributed by atoms with van der Waals surface area (Å²) in [5, 5.41) is 0.0335. The number of rotatable bonds is 5. The number of hydrogen-bond donors (Lipinski definition) is 0. The van der Waals surface area contributed by atoms with Crippen molar-refractivity contribution in [2.75, 3.05) is 6.61 Å². The Morgan fingerprint density at radius 2 is 1.82 bits per heavy atom. The summed E-state index contributed by atoms with van der Waals surface area (Å²) in [5.41, 5.74) is 0.464. The standard InChI is InChI=1S/C25H36O7Si/c1-8-30-18(27)10-13-9-17(26)19-15-11-14(32-33(6,7)24(2,3)4)12-16(15)21-22(28)31-23(29)25(21,5)20(13)19/h13-14,16,20-21H,8-12H2,1-7H3/t13-,14-,16+,20-,21-,25-/m0/s1. The number of hydrogen-bond acceptors (Lipinski definition) is 7. The second-order valence-corrected chi connectivity index (χ2v) is 16.6. The quantitative estimate of drug-likeness (QED) is 0.337.